The molecule has 1 aliphatic rings. The van der Waals surface area contributed by atoms with Gasteiger partial charge in [0.2, 0.25) is 0 Å². The van der Waals surface area contributed by atoms with Crippen LogP contribution in [0.5, 0.6) is 0 Å². The average Bonchev–Trinajstić information content (AvgIpc) is 3.17. The first kappa shape index (κ1) is 30.5. The van der Waals surface area contributed by atoms with Crippen molar-refractivity contribution in [2.45, 2.75) is 96.3 Å². The van der Waals surface area contributed by atoms with Crippen molar-refractivity contribution in [3.63, 3.8) is 0 Å². The van der Waals surface area contributed by atoms with E-state index in [9.17, 15) is 0 Å². The van der Waals surface area contributed by atoms with Gasteiger partial charge in [0.1, 0.15) is 16.8 Å². The van der Waals surface area contributed by atoms with E-state index in [1.54, 1.807) is 10.4 Å². The fourth-order valence-corrected chi connectivity index (χ4v) is 16.5. The fourth-order valence-electron chi connectivity index (χ4n) is 5.90. The zero-order valence-corrected chi connectivity index (χ0v) is 29.2. The molecule has 202 valence electrons. The Kier molecular flexibility index (Phi) is 8.64. The van der Waals surface area contributed by atoms with Crippen molar-refractivity contribution in [1.82, 2.24) is 19.9 Å². The predicted octanol–water partition coefficient (Wildman–Crippen LogP) is 8.07. The smallest absolute Gasteiger partial charge is 0.149 e. The Bertz CT molecular complexity index is 1100. The summed E-state index contributed by atoms with van der Waals surface area (Å²) in [5.41, 5.74) is 1.37. The van der Waals surface area contributed by atoms with Gasteiger partial charge in [-0.2, -0.15) is 0 Å². The molecule has 0 saturated carbocycles. The third kappa shape index (κ3) is 6.40. The quantitative estimate of drug-likeness (QED) is 0.249. The number of hydrogen-bond donors (Lipinski definition) is 0. The molecule has 0 saturated heterocycles. The lowest BCUT2D eigenvalue weighted by Crippen LogP contribution is -2.39. The Morgan fingerprint density at radius 1 is 0.730 bits per heavy atom. The molecule has 2 atom stereocenters. The summed E-state index contributed by atoms with van der Waals surface area (Å²) < 4.78 is 0. The highest BCUT2D eigenvalue weighted by Gasteiger charge is 2.51. The zero-order chi connectivity index (χ0) is 28.0. The van der Waals surface area contributed by atoms with E-state index >= 15 is 0 Å². The molecule has 0 radical (unpaired) electrons. The fraction of sp³-hybridized carbons (Fsp3) is 0.586. The van der Waals surface area contributed by atoms with Crippen LogP contribution in [0.2, 0.25) is 39.3 Å². The summed E-state index contributed by atoms with van der Waals surface area (Å²) >= 11 is 0. The van der Waals surface area contributed by atoms with Gasteiger partial charge in [0.25, 0.3) is 0 Å². The molecule has 8 heteroatoms. The molecule has 3 rings (SSSR count). The minimum Gasteiger partial charge on any atom is -0.240 e. The highest BCUT2D eigenvalue weighted by Crippen LogP contribution is 2.64. The first-order valence-electron chi connectivity index (χ1n) is 13.4. The van der Waals surface area contributed by atoms with Crippen molar-refractivity contribution < 1.29 is 0 Å². The molecule has 2 heterocycles. The van der Waals surface area contributed by atoms with E-state index in [4.69, 9.17) is 19.9 Å². The van der Waals surface area contributed by atoms with Crippen LogP contribution in [0.3, 0.4) is 0 Å². The summed E-state index contributed by atoms with van der Waals surface area (Å²) in [6.07, 6.45) is 11.1. The second kappa shape index (κ2) is 10.5. The maximum absolute atomic E-state index is 4.81. The molecule has 2 aromatic heterocycles. The molecule has 0 fully saturated rings. The molecule has 37 heavy (non-hydrogen) atoms. The number of rotatable bonds is 7. The van der Waals surface area contributed by atoms with Crippen LogP contribution < -0.4 is 0 Å². The van der Waals surface area contributed by atoms with Crippen molar-refractivity contribution in [2.24, 2.45) is 5.92 Å². The van der Waals surface area contributed by atoms with Crippen LogP contribution >= 0.6 is 17.2 Å². The van der Waals surface area contributed by atoms with Gasteiger partial charge in [0.05, 0.1) is 16.1 Å². The Hall–Kier alpha value is -1.07. The van der Waals surface area contributed by atoms with E-state index < -0.39 is 21.3 Å². The van der Waals surface area contributed by atoms with E-state index in [2.05, 4.69) is 96.1 Å². The molecule has 4 nitrogen and oxygen atoms in total. The van der Waals surface area contributed by atoms with Crippen molar-refractivity contribution in [1.29, 1.82) is 0 Å². The summed E-state index contributed by atoms with van der Waals surface area (Å²) in [5, 5.41) is 3.16. The van der Waals surface area contributed by atoms with Crippen LogP contribution in [0.15, 0.2) is 59.0 Å². The van der Waals surface area contributed by atoms with Crippen molar-refractivity contribution in [3.05, 3.63) is 70.6 Å². The molecular weight excluding hydrogens is 522 g/mol. The first-order valence-corrected chi connectivity index (χ1v) is 22.5. The molecule has 0 spiro atoms. The first-order chi connectivity index (χ1) is 16.8. The molecule has 2 unspecified atom stereocenters. The van der Waals surface area contributed by atoms with Gasteiger partial charge in [-0.05, 0) is 34.2 Å². The van der Waals surface area contributed by atoms with Gasteiger partial charge < -0.3 is 0 Å². The summed E-state index contributed by atoms with van der Waals surface area (Å²) in [6, 6.07) is 3.78. The van der Waals surface area contributed by atoms with E-state index in [0.717, 1.165) is 17.8 Å². The standard InChI is InChI=1S/C29H48N4P2Si2/c1-27(2,3)35(28(4,5)6)20-21-22(19-23(36(7,8)9)24(21)37(10,11)12)29(34,25-30-15-13-16-31-25)26-32-17-14-18-33-26/h13-19,21H,20,34H2,1-12H3. The van der Waals surface area contributed by atoms with E-state index in [-0.39, 0.29) is 18.2 Å². The monoisotopic (exact) mass is 570 g/mol. The van der Waals surface area contributed by atoms with Crippen LogP contribution in [0.1, 0.15) is 53.2 Å². The summed E-state index contributed by atoms with van der Waals surface area (Å²) in [5.74, 6) is 1.85. The zero-order valence-electron chi connectivity index (χ0n) is 25.1. The Morgan fingerprint density at radius 3 is 1.46 bits per heavy atom. The lowest BCUT2D eigenvalue weighted by atomic mass is 9.88. The lowest BCUT2D eigenvalue weighted by Gasteiger charge is -2.46. The van der Waals surface area contributed by atoms with E-state index in [0.29, 0.717) is 5.92 Å². The highest BCUT2D eigenvalue weighted by molar-refractivity contribution is 7.60. The second-order valence-electron chi connectivity index (χ2n) is 14.4. The Balaban J connectivity index is 2.38. The molecule has 2 aromatic rings. The third-order valence-electron chi connectivity index (χ3n) is 7.21. The highest BCUT2D eigenvalue weighted by atomic mass is 31.1. The second-order valence-corrected chi connectivity index (χ2v) is 29.2. The summed E-state index contributed by atoms with van der Waals surface area (Å²) in [4.78, 5) is 19.3. The van der Waals surface area contributed by atoms with Gasteiger partial charge in [0.15, 0.2) is 0 Å². The summed E-state index contributed by atoms with van der Waals surface area (Å²) in [7, 11) is -0.514. The number of nitrogens with zero attached hydrogens (tertiary/aromatic N) is 4. The molecule has 0 amide bonds. The van der Waals surface area contributed by atoms with Crippen LogP contribution in [0.25, 0.3) is 0 Å². The normalized spacial score (nSPS) is 18.0. The number of aromatic nitrogens is 4. The lowest BCUT2D eigenvalue weighted by molar-refractivity contribution is 0.637. The Morgan fingerprint density at radius 2 is 1.14 bits per heavy atom. The molecule has 0 aromatic carbocycles. The Labute approximate surface area is 231 Å². The predicted molar refractivity (Wildman–Crippen MR) is 171 cm³/mol. The van der Waals surface area contributed by atoms with Crippen molar-refractivity contribution in [3.8, 4) is 0 Å². The minimum absolute atomic E-state index is 0.237. The topological polar surface area (TPSA) is 51.6 Å². The van der Waals surface area contributed by atoms with Crippen LogP contribution in [0, 0.1) is 5.92 Å². The van der Waals surface area contributed by atoms with Gasteiger partial charge >= 0.3 is 0 Å². The van der Waals surface area contributed by atoms with Gasteiger partial charge in [-0.25, -0.2) is 19.9 Å². The third-order valence-corrected chi connectivity index (χ3v) is 16.5. The van der Waals surface area contributed by atoms with Gasteiger partial charge in [0, 0.05) is 30.7 Å². The SMILES string of the molecule is CC(C)(C)P(CC1C(C(P)(c2ncccn2)c2ncccn2)=CC([Si](C)(C)C)=C1[Si](C)(C)C)C(C)(C)C. The van der Waals surface area contributed by atoms with Crippen molar-refractivity contribution >= 4 is 33.3 Å². The number of allylic oxidation sites excluding steroid dienone is 4. The molecular formula is C29H48N4P2Si2. The van der Waals surface area contributed by atoms with Gasteiger partial charge in [-0.3, -0.25) is 0 Å². The van der Waals surface area contributed by atoms with Crippen molar-refractivity contribution in [2.75, 3.05) is 6.16 Å². The minimum atomic E-state index is -1.69. The van der Waals surface area contributed by atoms with Crippen LogP contribution in [0.4, 0.5) is 0 Å². The number of hydrogen-bond acceptors (Lipinski definition) is 4. The maximum atomic E-state index is 4.81. The summed E-state index contributed by atoms with van der Waals surface area (Å²) in [6.45, 7) is 29.7. The average molecular weight is 571 g/mol. The van der Waals surface area contributed by atoms with Gasteiger partial charge in [-0.1, -0.05) is 105 Å². The van der Waals surface area contributed by atoms with E-state index in [1.165, 1.54) is 5.57 Å². The molecule has 0 N–H and O–H groups in total. The van der Waals surface area contributed by atoms with E-state index in [1.807, 2.05) is 36.9 Å². The van der Waals surface area contributed by atoms with Crippen LogP contribution in [-0.2, 0) is 5.16 Å². The van der Waals surface area contributed by atoms with Gasteiger partial charge in [-0.15, -0.1) is 9.24 Å². The van der Waals surface area contributed by atoms with Crippen LogP contribution in [-0.4, -0.2) is 52.6 Å². The molecule has 1 aliphatic carbocycles. The molecule has 0 aliphatic heterocycles. The molecule has 0 bridgehead atoms. The maximum Gasteiger partial charge on any atom is 0.149 e. The largest absolute Gasteiger partial charge is 0.240 e.